The van der Waals surface area contributed by atoms with Crippen molar-refractivity contribution in [2.24, 2.45) is 0 Å². The minimum Gasteiger partial charge on any atom is -0.508 e. The van der Waals surface area contributed by atoms with Crippen molar-refractivity contribution in [3.8, 4) is 5.75 Å². The van der Waals surface area contributed by atoms with E-state index in [4.69, 9.17) is 4.74 Å². The largest absolute Gasteiger partial charge is 0.508 e. The number of phenolic OH excluding ortho intramolecular Hbond substituents is 1. The minimum atomic E-state index is -1.34. The normalized spacial score (nSPS) is 13.5. The van der Waals surface area contributed by atoms with E-state index >= 15 is 0 Å². The second-order valence-corrected chi connectivity index (χ2v) is 9.85. The van der Waals surface area contributed by atoms with Gasteiger partial charge in [0.2, 0.25) is 11.8 Å². The molecular formula is C24H37N3O6. The molecule has 9 heteroatoms. The molecule has 0 saturated heterocycles. The van der Waals surface area contributed by atoms with Crippen molar-refractivity contribution in [3.63, 3.8) is 0 Å². The van der Waals surface area contributed by atoms with Crippen molar-refractivity contribution >= 4 is 17.9 Å². The molecule has 0 saturated carbocycles. The Bertz CT molecular complexity index is 870. The van der Waals surface area contributed by atoms with Crippen LogP contribution in [0.15, 0.2) is 30.9 Å². The summed E-state index contributed by atoms with van der Waals surface area (Å²) in [6.45, 7) is 15.1. The molecule has 0 fully saturated rings. The number of carbonyl (C=O) groups is 3. The first-order chi connectivity index (χ1) is 15.1. The number of hydrogen-bond donors (Lipinski definition) is 4. The molecule has 2 atom stereocenters. The van der Waals surface area contributed by atoms with Crippen LogP contribution in [0.2, 0.25) is 0 Å². The van der Waals surface area contributed by atoms with Gasteiger partial charge in [-0.2, -0.15) is 0 Å². The van der Waals surface area contributed by atoms with Gasteiger partial charge in [0.1, 0.15) is 23.4 Å². The van der Waals surface area contributed by atoms with Crippen molar-refractivity contribution in [1.82, 2.24) is 15.5 Å². The van der Waals surface area contributed by atoms with Gasteiger partial charge in [-0.15, -0.1) is 6.58 Å². The number of aliphatic hydroxyl groups is 1. The van der Waals surface area contributed by atoms with E-state index in [2.05, 4.69) is 17.2 Å². The van der Waals surface area contributed by atoms with Gasteiger partial charge < -0.3 is 30.5 Å². The molecule has 1 aromatic carbocycles. The molecule has 184 valence electrons. The summed E-state index contributed by atoms with van der Waals surface area (Å²) in [6, 6.07) is 2.15. The highest BCUT2D eigenvalue weighted by Gasteiger charge is 2.36. The number of aromatic hydroxyl groups is 1. The summed E-state index contributed by atoms with van der Waals surface area (Å²) in [5, 5.41) is 25.0. The van der Waals surface area contributed by atoms with Gasteiger partial charge in [-0.3, -0.25) is 9.59 Å². The van der Waals surface area contributed by atoms with Crippen molar-refractivity contribution in [2.45, 2.75) is 71.7 Å². The van der Waals surface area contributed by atoms with Crippen LogP contribution >= 0.6 is 0 Å². The van der Waals surface area contributed by atoms with Crippen LogP contribution in [0, 0.1) is 6.92 Å². The molecule has 2 unspecified atom stereocenters. The molecule has 1 aromatic rings. The smallest absolute Gasteiger partial charge is 0.408 e. The molecule has 3 amide bonds. The fourth-order valence-corrected chi connectivity index (χ4v) is 3.06. The number of alkyl carbamates (subject to hydrolysis) is 1. The van der Waals surface area contributed by atoms with E-state index in [0.29, 0.717) is 11.1 Å². The van der Waals surface area contributed by atoms with Crippen LogP contribution in [0.3, 0.4) is 0 Å². The van der Waals surface area contributed by atoms with E-state index in [-0.39, 0.29) is 12.3 Å². The van der Waals surface area contributed by atoms with E-state index in [1.165, 1.54) is 17.0 Å². The van der Waals surface area contributed by atoms with Crippen LogP contribution in [0.5, 0.6) is 5.75 Å². The highest BCUT2D eigenvalue weighted by atomic mass is 16.6. The highest BCUT2D eigenvalue weighted by molar-refractivity contribution is 5.92. The van der Waals surface area contributed by atoms with Crippen LogP contribution < -0.4 is 10.6 Å². The summed E-state index contributed by atoms with van der Waals surface area (Å²) in [5.74, 6) is -1.10. The zero-order valence-electron chi connectivity index (χ0n) is 20.6. The van der Waals surface area contributed by atoms with Crippen LogP contribution in [-0.4, -0.2) is 63.4 Å². The lowest BCUT2D eigenvalue weighted by Gasteiger charge is -2.35. The fraction of sp³-hybridized carbons (Fsp3) is 0.542. The fourth-order valence-electron chi connectivity index (χ4n) is 3.06. The Morgan fingerprint density at radius 2 is 1.79 bits per heavy atom. The van der Waals surface area contributed by atoms with E-state index in [1.54, 1.807) is 39.8 Å². The first-order valence-corrected chi connectivity index (χ1v) is 10.7. The first kappa shape index (κ1) is 28.0. The Morgan fingerprint density at radius 3 is 2.24 bits per heavy atom. The molecule has 0 aromatic heterocycles. The van der Waals surface area contributed by atoms with Gasteiger partial charge in [-0.1, -0.05) is 12.1 Å². The number of hydrogen-bond acceptors (Lipinski definition) is 6. The molecular weight excluding hydrogens is 426 g/mol. The molecule has 0 aliphatic rings. The Hall–Kier alpha value is -3.07. The van der Waals surface area contributed by atoms with Crippen LogP contribution in [-0.2, 0) is 14.3 Å². The van der Waals surface area contributed by atoms with E-state index in [1.807, 2.05) is 20.8 Å². The standard InChI is InChI=1S/C24H37N3O6/c1-9-12-27(21(31)17(14-28)25-22(32)33-24(6,7)8)19(20(30)26-23(3,4)5)16-10-11-18(29)15(2)13-16/h9-11,13,17,19,28-29H,1,12,14H2,2-8H3,(H,25,32)(H,26,30). The van der Waals surface area contributed by atoms with Gasteiger partial charge >= 0.3 is 6.09 Å². The van der Waals surface area contributed by atoms with E-state index in [9.17, 15) is 24.6 Å². The number of nitrogens with zero attached hydrogens (tertiary/aromatic N) is 1. The summed E-state index contributed by atoms with van der Waals surface area (Å²) in [4.78, 5) is 40.2. The first-order valence-electron chi connectivity index (χ1n) is 10.7. The number of rotatable bonds is 8. The third-order valence-corrected chi connectivity index (χ3v) is 4.38. The number of nitrogens with one attached hydrogen (secondary N) is 2. The molecule has 0 radical (unpaired) electrons. The average Bonchev–Trinajstić information content (AvgIpc) is 2.65. The monoisotopic (exact) mass is 463 g/mol. The molecule has 0 aliphatic heterocycles. The maximum Gasteiger partial charge on any atom is 0.408 e. The number of aliphatic hydroxyl groups excluding tert-OH is 1. The zero-order chi connectivity index (χ0) is 25.6. The number of benzene rings is 1. The Kier molecular flexibility index (Phi) is 9.47. The van der Waals surface area contributed by atoms with Crippen molar-refractivity contribution in [1.29, 1.82) is 0 Å². The third kappa shape index (κ3) is 8.76. The highest BCUT2D eigenvalue weighted by Crippen LogP contribution is 2.27. The van der Waals surface area contributed by atoms with Gasteiger partial charge in [0.15, 0.2) is 0 Å². The van der Waals surface area contributed by atoms with E-state index < -0.39 is 47.7 Å². The molecule has 0 heterocycles. The topological polar surface area (TPSA) is 128 Å². The van der Waals surface area contributed by atoms with Crippen LogP contribution in [0.4, 0.5) is 4.79 Å². The lowest BCUT2D eigenvalue weighted by molar-refractivity contribution is -0.143. The SMILES string of the molecule is C=CCN(C(=O)C(CO)NC(=O)OC(C)(C)C)C(C(=O)NC(C)(C)C)c1ccc(O)c(C)c1. The number of ether oxygens (including phenoxy) is 1. The maximum absolute atomic E-state index is 13.4. The summed E-state index contributed by atoms with van der Waals surface area (Å²) in [5.41, 5.74) is -0.407. The number of phenols is 1. The Labute approximate surface area is 195 Å². The van der Waals surface area contributed by atoms with Gasteiger partial charge in [0.25, 0.3) is 0 Å². The molecule has 0 bridgehead atoms. The second kappa shape index (κ2) is 11.2. The molecule has 9 nitrogen and oxygen atoms in total. The Balaban J connectivity index is 3.42. The predicted molar refractivity (Wildman–Crippen MR) is 126 cm³/mol. The lowest BCUT2D eigenvalue weighted by Crippen LogP contribution is -2.55. The van der Waals surface area contributed by atoms with Crippen LogP contribution in [0.1, 0.15) is 58.7 Å². The quantitative estimate of drug-likeness (QED) is 0.439. The van der Waals surface area contributed by atoms with Crippen molar-refractivity contribution < 1.29 is 29.3 Å². The van der Waals surface area contributed by atoms with Gasteiger partial charge in [-0.05, 0) is 71.7 Å². The minimum absolute atomic E-state index is 0.0342. The number of carbonyl (C=O) groups excluding carboxylic acids is 3. The molecule has 0 aliphatic carbocycles. The third-order valence-electron chi connectivity index (χ3n) is 4.38. The van der Waals surface area contributed by atoms with Gasteiger partial charge in [-0.25, -0.2) is 4.79 Å². The van der Waals surface area contributed by atoms with Gasteiger partial charge in [0, 0.05) is 12.1 Å². The Morgan fingerprint density at radius 1 is 1.18 bits per heavy atom. The van der Waals surface area contributed by atoms with Gasteiger partial charge in [0.05, 0.1) is 6.61 Å². The van der Waals surface area contributed by atoms with Crippen molar-refractivity contribution in [2.75, 3.05) is 13.2 Å². The van der Waals surface area contributed by atoms with Crippen molar-refractivity contribution in [3.05, 3.63) is 42.0 Å². The second-order valence-electron chi connectivity index (χ2n) is 9.85. The summed E-state index contributed by atoms with van der Waals surface area (Å²) >= 11 is 0. The number of aryl methyl sites for hydroxylation is 1. The molecule has 0 spiro atoms. The predicted octanol–water partition coefficient (Wildman–Crippen LogP) is 2.56. The van der Waals surface area contributed by atoms with E-state index in [0.717, 1.165) is 0 Å². The summed E-state index contributed by atoms with van der Waals surface area (Å²) in [7, 11) is 0. The molecule has 1 rings (SSSR count). The molecule has 4 N–H and O–H groups in total. The maximum atomic E-state index is 13.4. The average molecular weight is 464 g/mol. The summed E-state index contributed by atoms with van der Waals surface area (Å²) < 4.78 is 5.19. The number of amides is 3. The lowest BCUT2D eigenvalue weighted by atomic mass is 9.99. The zero-order valence-corrected chi connectivity index (χ0v) is 20.6. The molecule has 33 heavy (non-hydrogen) atoms. The summed E-state index contributed by atoms with van der Waals surface area (Å²) in [6.07, 6.45) is 0.578. The van der Waals surface area contributed by atoms with Crippen LogP contribution in [0.25, 0.3) is 0 Å².